The lowest BCUT2D eigenvalue weighted by Gasteiger charge is -2.40. The first-order valence-corrected chi connectivity index (χ1v) is 7.20. The fourth-order valence-corrected chi connectivity index (χ4v) is 3.23. The second-order valence-corrected chi connectivity index (χ2v) is 5.60. The van der Waals surface area contributed by atoms with E-state index < -0.39 is 0 Å². The third-order valence-electron chi connectivity index (χ3n) is 4.38. The summed E-state index contributed by atoms with van der Waals surface area (Å²) in [6.07, 6.45) is 5.69. The maximum Gasteiger partial charge on any atom is 0.134 e. The maximum atomic E-state index is 5.93. The highest BCUT2D eigenvalue weighted by Gasteiger charge is 2.27. The van der Waals surface area contributed by atoms with Crippen molar-refractivity contribution in [3.63, 3.8) is 0 Å². The number of benzene rings is 1. The Morgan fingerprint density at radius 2 is 2.16 bits per heavy atom. The molecule has 1 fully saturated rings. The minimum atomic E-state index is 0.511. The molecule has 2 N–H and O–H groups in total. The van der Waals surface area contributed by atoms with Gasteiger partial charge < -0.3 is 10.2 Å². The molecule has 1 saturated heterocycles. The Kier molecular flexibility index (Phi) is 3.58. The Morgan fingerprint density at radius 3 is 3.00 bits per heavy atom. The molecule has 0 saturated carbocycles. The van der Waals surface area contributed by atoms with Gasteiger partial charge in [0.1, 0.15) is 5.58 Å². The van der Waals surface area contributed by atoms with Gasteiger partial charge in [-0.05, 0) is 25.8 Å². The van der Waals surface area contributed by atoms with Crippen molar-refractivity contribution in [1.29, 1.82) is 0 Å². The van der Waals surface area contributed by atoms with Gasteiger partial charge in [-0.2, -0.15) is 0 Å². The number of nitrogens with zero attached hydrogens (tertiary/aromatic N) is 1. The van der Waals surface area contributed by atoms with Gasteiger partial charge in [-0.1, -0.05) is 24.6 Å². The van der Waals surface area contributed by atoms with Crippen LogP contribution >= 0.6 is 0 Å². The number of furan rings is 1. The van der Waals surface area contributed by atoms with Gasteiger partial charge in [0.25, 0.3) is 0 Å². The topological polar surface area (TPSA) is 42.4 Å². The molecule has 3 heteroatoms. The molecule has 1 aliphatic rings. The van der Waals surface area contributed by atoms with Crippen LogP contribution in [0, 0.1) is 0 Å². The predicted molar refractivity (Wildman–Crippen MR) is 77.9 cm³/mol. The van der Waals surface area contributed by atoms with Gasteiger partial charge >= 0.3 is 0 Å². The molecule has 102 valence electrons. The quantitative estimate of drug-likeness (QED) is 0.919. The summed E-state index contributed by atoms with van der Waals surface area (Å²) in [7, 11) is 0. The Morgan fingerprint density at radius 1 is 1.32 bits per heavy atom. The summed E-state index contributed by atoms with van der Waals surface area (Å²) in [5.74, 6) is 0. The first kappa shape index (κ1) is 12.7. The van der Waals surface area contributed by atoms with Crippen molar-refractivity contribution in [1.82, 2.24) is 4.90 Å². The highest BCUT2D eigenvalue weighted by Crippen LogP contribution is 2.28. The summed E-state index contributed by atoms with van der Waals surface area (Å²) in [4.78, 5) is 2.54. The molecule has 0 aliphatic carbocycles. The van der Waals surface area contributed by atoms with E-state index in [9.17, 15) is 0 Å². The van der Waals surface area contributed by atoms with E-state index in [1.807, 2.05) is 18.4 Å². The van der Waals surface area contributed by atoms with Crippen LogP contribution in [0.1, 0.15) is 31.7 Å². The molecule has 3 nitrogen and oxygen atoms in total. The number of hydrogen-bond acceptors (Lipinski definition) is 3. The van der Waals surface area contributed by atoms with Crippen molar-refractivity contribution in [3.8, 4) is 0 Å². The lowest BCUT2D eigenvalue weighted by atomic mass is 9.95. The summed E-state index contributed by atoms with van der Waals surface area (Å²) in [6.45, 7) is 4.00. The molecule has 1 aliphatic heterocycles. The van der Waals surface area contributed by atoms with Crippen LogP contribution in [-0.4, -0.2) is 23.5 Å². The molecule has 2 aromatic rings. The van der Waals surface area contributed by atoms with E-state index in [0.29, 0.717) is 12.1 Å². The first-order chi connectivity index (χ1) is 9.29. The zero-order valence-corrected chi connectivity index (χ0v) is 11.5. The largest absolute Gasteiger partial charge is 0.464 e. The number of likely N-dealkylation sites (tertiary alicyclic amines) is 1. The molecule has 0 radical (unpaired) electrons. The smallest absolute Gasteiger partial charge is 0.134 e. The van der Waals surface area contributed by atoms with Crippen molar-refractivity contribution in [2.24, 2.45) is 5.73 Å². The second kappa shape index (κ2) is 5.35. The van der Waals surface area contributed by atoms with Gasteiger partial charge in [0.2, 0.25) is 0 Å². The van der Waals surface area contributed by atoms with Gasteiger partial charge in [-0.25, -0.2) is 0 Å². The molecular formula is C16H22N2O. The third-order valence-corrected chi connectivity index (χ3v) is 4.38. The molecule has 0 spiro atoms. The zero-order chi connectivity index (χ0) is 13.2. The number of rotatable bonds is 3. The van der Waals surface area contributed by atoms with Crippen LogP contribution in [0.3, 0.4) is 0 Å². The van der Waals surface area contributed by atoms with Crippen LogP contribution in [0.25, 0.3) is 11.0 Å². The zero-order valence-electron chi connectivity index (χ0n) is 11.5. The second-order valence-electron chi connectivity index (χ2n) is 5.60. The van der Waals surface area contributed by atoms with Crippen molar-refractivity contribution < 1.29 is 4.42 Å². The Labute approximate surface area is 114 Å². The van der Waals surface area contributed by atoms with E-state index in [4.69, 9.17) is 10.2 Å². The molecule has 2 atom stereocenters. The van der Waals surface area contributed by atoms with E-state index in [-0.39, 0.29) is 0 Å². The summed E-state index contributed by atoms with van der Waals surface area (Å²) in [6, 6.07) is 9.37. The summed E-state index contributed by atoms with van der Waals surface area (Å²) in [5.41, 5.74) is 8.19. The number of nitrogens with two attached hydrogens (primary N) is 1. The van der Waals surface area contributed by atoms with E-state index in [2.05, 4.69) is 24.0 Å². The van der Waals surface area contributed by atoms with Crippen molar-refractivity contribution in [2.75, 3.05) is 6.54 Å². The minimum Gasteiger partial charge on any atom is -0.464 e. The van der Waals surface area contributed by atoms with Crippen LogP contribution in [0.4, 0.5) is 0 Å². The minimum absolute atomic E-state index is 0.511. The van der Waals surface area contributed by atoms with E-state index in [0.717, 1.165) is 18.7 Å². The van der Waals surface area contributed by atoms with Crippen LogP contribution in [-0.2, 0) is 6.54 Å². The van der Waals surface area contributed by atoms with E-state index in [1.165, 1.54) is 30.2 Å². The Hall–Kier alpha value is -1.32. The van der Waals surface area contributed by atoms with Crippen LogP contribution in [0.5, 0.6) is 0 Å². The number of hydrogen-bond donors (Lipinski definition) is 1. The van der Waals surface area contributed by atoms with Crippen molar-refractivity contribution >= 4 is 11.0 Å². The van der Waals surface area contributed by atoms with E-state index >= 15 is 0 Å². The maximum absolute atomic E-state index is 5.93. The predicted octanol–water partition coefficient (Wildman–Crippen LogP) is 3.13. The fraction of sp³-hybridized carbons (Fsp3) is 0.500. The average molecular weight is 258 g/mol. The van der Waals surface area contributed by atoms with Crippen LogP contribution < -0.4 is 5.73 Å². The van der Waals surface area contributed by atoms with Gasteiger partial charge in [-0.3, -0.25) is 4.90 Å². The van der Waals surface area contributed by atoms with Gasteiger partial charge in [0.05, 0.1) is 6.26 Å². The molecule has 1 aromatic heterocycles. The average Bonchev–Trinajstić information content (AvgIpc) is 2.84. The first-order valence-electron chi connectivity index (χ1n) is 7.20. The van der Waals surface area contributed by atoms with Gasteiger partial charge in [0.15, 0.2) is 0 Å². The molecular weight excluding hydrogens is 236 g/mol. The third kappa shape index (κ3) is 2.40. The molecule has 1 aromatic carbocycles. The molecule has 3 rings (SSSR count). The molecule has 2 heterocycles. The number of para-hydroxylation sites is 1. The van der Waals surface area contributed by atoms with E-state index in [1.54, 1.807) is 0 Å². The van der Waals surface area contributed by atoms with Gasteiger partial charge in [-0.15, -0.1) is 0 Å². The molecule has 19 heavy (non-hydrogen) atoms. The van der Waals surface area contributed by atoms with Gasteiger partial charge in [0, 0.05) is 36.1 Å². The number of piperidine rings is 1. The molecule has 2 unspecified atom stereocenters. The highest BCUT2D eigenvalue weighted by molar-refractivity contribution is 5.80. The lowest BCUT2D eigenvalue weighted by molar-refractivity contribution is 0.0894. The monoisotopic (exact) mass is 258 g/mol. The van der Waals surface area contributed by atoms with Crippen molar-refractivity contribution in [3.05, 3.63) is 36.1 Å². The fourth-order valence-electron chi connectivity index (χ4n) is 3.23. The SMILES string of the molecule is CC1CCCC(CN)N1Cc1coc2ccccc12. The normalized spacial score (nSPS) is 24.9. The summed E-state index contributed by atoms with van der Waals surface area (Å²) < 4.78 is 5.64. The highest BCUT2D eigenvalue weighted by atomic mass is 16.3. The van der Waals surface area contributed by atoms with Crippen LogP contribution in [0.2, 0.25) is 0 Å². The molecule has 0 amide bonds. The Balaban J connectivity index is 1.86. The standard InChI is InChI=1S/C16H22N2O/c1-12-5-4-6-14(9-17)18(12)10-13-11-19-16-8-3-2-7-15(13)16/h2-3,7-8,11-12,14H,4-6,9-10,17H2,1H3. The molecule has 0 bridgehead atoms. The lowest BCUT2D eigenvalue weighted by Crippen LogP contribution is -2.48. The van der Waals surface area contributed by atoms with Crippen LogP contribution in [0.15, 0.2) is 34.9 Å². The van der Waals surface area contributed by atoms with Crippen molar-refractivity contribution in [2.45, 2.75) is 44.8 Å². The summed E-state index contributed by atoms with van der Waals surface area (Å²) >= 11 is 0. The Bertz CT molecular complexity index is 548. The summed E-state index contributed by atoms with van der Waals surface area (Å²) in [5, 5.41) is 1.23. The number of fused-ring (bicyclic) bond motifs is 1.